The van der Waals surface area contributed by atoms with Crippen LogP contribution in [0.3, 0.4) is 0 Å². The van der Waals surface area contributed by atoms with Gasteiger partial charge in [0.15, 0.2) is 0 Å². The smallest absolute Gasteiger partial charge is 0.338 e. The summed E-state index contributed by atoms with van der Waals surface area (Å²) in [5.74, 6) is -0.255. The van der Waals surface area contributed by atoms with Crippen LogP contribution in [0.25, 0.3) is 0 Å². The fraction of sp³-hybridized carbons (Fsp3) is 0.357. The zero-order chi connectivity index (χ0) is 15.3. The van der Waals surface area contributed by atoms with Crippen LogP contribution in [-0.4, -0.2) is 11.9 Å². The Hall–Kier alpha value is -2.03. The highest BCUT2D eigenvalue weighted by Crippen LogP contribution is 2.32. The molecule has 1 aromatic rings. The third-order valence-corrected chi connectivity index (χ3v) is 2.63. The van der Waals surface area contributed by atoms with E-state index in [1.54, 1.807) is 0 Å². The number of terminal acetylenes is 1. The molecule has 0 fully saturated rings. The topological polar surface area (TPSA) is 29.1 Å². The number of benzene rings is 1. The highest BCUT2D eigenvalue weighted by molar-refractivity contribution is 5.95. The number of carbonyl (C=O) groups excluding carboxylic acids is 1. The number of carbonyl (C=O) groups is 1. The van der Waals surface area contributed by atoms with Crippen LogP contribution < -0.4 is 5.32 Å². The lowest BCUT2D eigenvalue weighted by atomic mass is 10.1. The van der Waals surface area contributed by atoms with E-state index < -0.39 is 35.1 Å². The Morgan fingerprint density at radius 1 is 1.45 bits per heavy atom. The van der Waals surface area contributed by atoms with Gasteiger partial charge in [0.1, 0.15) is 5.82 Å². The SMILES string of the molecule is C#CC(CCC)NC(=O)c1cccc(C(F)(F)F)c1F. The van der Waals surface area contributed by atoms with Gasteiger partial charge >= 0.3 is 6.18 Å². The normalized spacial score (nSPS) is 12.6. The molecule has 0 aliphatic carbocycles. The summed E-state index contributed by atoms with van der Waals surface area (Å²) < 4.78 is 51.3. The van der Waals surface area contributed by atoms with Gasteiger partial charge in [0, 0.05) is 0 Å². The largest absolute Gasteiger partial charge is 0.419 e. The van der Waals surface area contributed by atoms with Gasteiger partial charge in [0.25, 0.3) is 5.91 Å². The van der Waals surface area contributed by atoms with Gasteiger partial charge in [-0.25, -0.2) is 4.39 Å². The first-order valence-electron chi connectivity index (χ1n) is 5.94. The summed E-state index contributed by atoms with van der Waals surface area (Å²) in [7, 11) is 0. The van der Waals surface area contributed by atoms with Crippen molar-refractivity contribution < 1.29 is 22.4 Å². The van der Waals surface area contributed by atoms with E-state index in [0.717, 1.165) is 12.1 Å². The molecule has 0 bridgehead atoms. The number of nitrogens with one attached hydrogen (secondary N) is 1. The van der Waals surface area contributed by atoms with Crippen molar-refractivity contribution in [3.05, 3.63) is 35.1 Å². The van der Waals surface area contributed by atoms with E-state index in [1.165, 1.54) is 0 Å². The first-order valence-corrected chi connectivity index (χ1v) is 5.94. The Labute approximate surface area is 114 Å². The molecule has 1 aromatic carbocycles. The predicted molar refractivity (Wildman–Crippen MR) is 66.4 cm³/mol. The molecule has 1 N–H and O–H groups in total. The molecule has 0 aliphatic heterocycles. The van der Waals surface area contributed by atoms with Gasteiger partial charge in [0.05, 0.1) is 17.2 Å². The molecule has 20 heavy (non-hydrogen) atoms. The van der Waals surface area contributed by atoms with Crippen LogP contribution >= 0.6 is 0 Å². The van der Waals surface area contributed by atoms with Crippen molar-refractivity contribution in [1.29, 1.82) is 0 Å². The molecule has 108 valence electrons. The van der Waals surface area contributed by atoms with Gasteiger partial charge in [-0.05, 0) is 18.6 Å². The van der Waals surface area contributed by atoms with E-state index in [9.17, 15) is 22.4 Å². The Bertz CT molecular complexity index is 531. The summed E-state index contributed by atoms with van der Waals surface area (Å²) in [5.41, 5.74) is -2.14. The van der Waals surface area contributed by atoms with Crippen molar-refractivity contribution in [3.63, 3.8) is 0 Å². The van der Waals surface area contributed by atoms with Crippen molar-refractivity contribution in [2.75, 3.05) is 0 Å². The molecule has 0 saturated heterocycles. The van der Waals surface area contributed by atoms with E-state index in [4.69, 9.17) is 6.42 Å². The van der Waals surface area contributed by atoms with Crippen molar-refractivity contribution in [3.8, 4) is 12.3 Å². The minimum Gasteiger partial charge on any atom is -0.338 e. The molecule has 0 aliphatic rings. The van der Waals surface area contributed by atoms with Gasteiger partial charge in [-0.1, -0.05) is 25.3 Å². The number of hydrogen-bond donors (Lipinski definition) is 1. The lowest BCUT2D eigenvalue weighted by Gasteiger charge is -2.14. The van der Waals surface area contributed by atoms with Crippen LogP contribution in [0.15, 0.2) is 18.2 Å². The Kier molecular flexibility index (Phi) is 5.14. The van der Waals surface area contributed by atoms with Gasteiger partial charge < -0.3 is 5.32 Å². The quantitative estimate of drug-likeness (QED) is 0.667. The van der Waals surface area contributed by atoms with E-state index in [0.29, 0.717) is 18.9 Å². The standard InChI is InChI=1S/C14H13F4NO/c1-3-6-9(4-2)19-13(20)10-7-5-8-11(12(10)15)14(16,17)18/h2,5,7-9H,3,6H2,1H3,(H,19,20). The fourth-order valence-electron chi connectivity index (χ4n) is 1.65. The lowest BCUT2D eigenvalue weighted by Crippen LogP contribution is -2.34. The average molecular weight is 287 g/mol. The number of halogens is 4. The molecule has 0 aromatic heterocycles. The molecule has 0 heterocycles. The molecule has 0 spiro atoms. The third kappa shape index (κ3) is 3.73. The Morgan fingerprint density at radius 2 is 2.10 bits per heavy atom. The fourth-order valence-corrected chi connectivity index (χ4v) is 1.65. The molecular weight excluding hydrogens is 274 g/mol. The average Bonchev–Trinajstić information content (AvgIpc) is 2.36. The minimum absolute atomic E-state index is 0.461. The second-order valence-electron chi connectivity index (χ2n) is 4.15. The molecule has 1 atom stereocenters. The number of amides is 1. The maximum Gasteiger partial charge on any atom is 0.419 e. The lowest BCUT2D eigenvalue weighted by molar-refractivity contribution is -0.140. The summed E-state index contributed by atoms with van der Waals surface area (Å²) in [4.78, 5) is 11.8. The molecule has 6 heteroatoms. The zero-order valence-electron chi connectivity index (χ0n) is 10.7. The zero-order valence-corrected chi connectivity index (χ0v) is 10.7. The monoisotopic (exact) mass is 287 g/mol. The van der Waals surface area contributed by atoms with Crippen molar-refractivity contribution in [2.24, 2.45) is 0 Å². The minimum atomic E-state index is -4.85. The van der Waals surface area contributed by atoms with Gasteiger partial charge in [-0.2, -0.15) is 13.2 Å². The summed E-state index contributed by atoms with van der Waals surface area (Å²) >= 11 is 0. The number of hydrogen-bond acceptors (Lipinski definition) is 1. The van der Waals surface area contributed by atoms with E-state index in [2.05, 4.69) is 11.2 Å². The summed E-state index contributed by atoms with van der Waals surface area (Å²) in [6.45, 7) is 1.83. The van der Waals surface area contributed by atoms with Crippen molar-refractivity contribution in [1.82, 2.24) is 5.32 Å². The van der Waals surface area contributed by atoms with Gasteiger partial charge in [-0.3, -0.25) is 4.79 Å². The highest BCUT2D eigenvalue weighted by Gasteiger charge is 2.35. The van der Waals surface area contributed by atoms with E-state index >= 15 is 0 Å². The second kappa shape index (κ2) is 6.42. The molecule has 2 nitrogen and oxygen atoms in total. The molecule has 1 unspecified atom stereocenters. The first-order chi connectivity index (χ1) is 9.31. The van der Waals surface area contributed by atoms with E-state index in [-0.39, 0.29) is 0 Å². The summed E-state index contributed by atoms with van der Waals surface area (Å²) in [6, 6.07) is 1.91. The molecule has 1 amide bonds. The molecule has 0 saturated carbocycles. The maximum atomic E-state index is 13.7. The van der Waals surface area contributed by atoms with Gasteiger partial charge in [-0.15, -0.1) is 6.42 Å². The first kappa shape index (κ1) is 16.0. The summed E-state index contributed by atoms with van der Waals surface area (Å²) in [5, 5.41) is 2.32. The highest BCUT2D eigenvalue weighted by atomic mass is 19.4. The third-order valence-electron chi connectivity index (χ3n) is 2.63. The molecular formula is C14H13F4NO. The van der Waals surface area contributed by atoms with Gasteiger partial charge in [0.2, 0.25) is 0 Å². The predicted octanol–water partition coefficient (Wildman–Crippen LogP) is 3.38. The number of alkyl halides is 3. The van der Waals surface area contributed by atoms with Crippen LogP contribution in [-0.2, 0) is 6.18 Å². The molecule has 0 radical (unpaired) electrons. The van der Waals surface area contributed by atoms with Crippen molar-refractivity contribution in [2.45, 2.75) is 32.0 Å². The van der Waals surface area contributed by atoms with E-state index in [1.807, 2.05) is 6.92 Å². The van der Waals surface area contributed by atoms with Crippen LogP contribution in [0.1, 0.15) is 35.7 Å². The van der Waals surface area contributed by atoms with Crippen LogP contribution in [0.4, 0.5) is 17.6 Å². The van der Waals surface area contributed by atoms with Crippen molar-refractivity contribution >= 4 is 5.91 Å². The maximum absolute atomic E-state index is 13.7. The second-order valence-corrected chi connectivity index (χ2v) is 4.15. The number of rotatable bonds is 4. The molecule has 1 rings (SSSR count). The summed E-state index contributed by atoms with van der Waals surface area (Å²) in [6.07, 6.45) is 1.47. The Balaban J connectivity index is 3.03. The van der Waals surface area contributed by atoms with Crippen LogP contribution in [0, 0.1) is 18.2 Å². The van der Waals surface area contributed by atoms with Crippen LogP contribution in [0.5, 0.6) is 0 Å². The Morgan fingerprint density at radius 3 is 2.60 bits per heavy atom. The van der Waals surface area contributed by atoms with Crippen LogP contribution in [0.2, 0.25) is 0 Å².